The van der Waals surface area contributed by atoms with Crippen LogP contribution in [0, 0.1) is 0 Å². The van der Waals surface area contributed by atoms with Crippen LogP contribution < -0.4 is 10.2 Å². The fourth-order valence-corrected chi connectivity index (χ4v) is 2.22. The third-order valence-corrected chi connectivity index (χ3v) is 3.39. The summed E-state index contributed by atoms with van der Waals surface area (Å²) in [5.74, 6) is -0.0469. The Morgan fingerprint density at radius 3 is 2.87 bits per heavy atom. The molecule has 0 aliphatic carbocycles. The number of nitrogens with one attached hydrogen (secondary N) is 2. The van der Waals surface area contributed by atoms with E-state index in [9.17, 15) is 9.90 Å². The molecule has 2 aromatic carbocycles. The van der Waals surface area contributed by atoms with Gasteiger partial charge in [0.2, 0.25) is 0 Å². The number of nitrogens with zero attached hydrogens (tertiary/aromatic N) is 1. The van der Waals surface area contributed by atoms with Crippen LogP contribution in [0.15, 0.2) is 53.6 Å². The van der Waals surface area contributed by atoms with Crippen molar-refractivity contribution in [2.24, 2.45) is 5.10 Å². The van der Waals surface area contributed by atoms with E-state index in [0.717, 1.165) is 10.9 Å². The molecule has 0 unspecified atom stereocenters. The monoisotopic (exact) mass is 309 g/mol. The molecule has 3 aromatic rings. The average molecular weight is 309 g/mol. The van der Waals surface area contributed by atoms with Gasteiger partial charge in [0.1, 0.15) is 5.69 Å². The Labute approximate surface area is 132 Å². The summed E-state index contributed by atoms with van der Waals surface area (Å²) in [6, 6.07) is 14.4. The number of hydrogen-bond acceptors (Lipinski definition) is 4. The number of aromatic amines is 1. The molecule has 1 aromatic heterocycles. The second kappa shape index (κ2) is 6.23. The Bertz CT molecular complexity index is 851. The smallest absolute Gasteiger partial charge is 0.287 e. The summed E-state index contributed by atoms with van der Waals surface area (Å²) < 4.78 is 5.01. The molecular weight excluding hydrogens is 294 g/mol. The number of H-pyrrole nitrogens is 1. The number of phenols is 1. The highest BCUT2D eigenvalue weighted by Gasteiger charge is 2.08. The molecule has 6 heteroatoms. The number of aromatic hydroxyl groups is 1. The van der Waals surface area contributed by atoms with E-state index in [1.807, 2.05) is 24.3 Å². The molecule has 23 heavy (non-hydrogen) atoms. The molecule has 0 aliphatic heterocycles. The highest BCUT2D eigenvalue weighted by atomic mass is 16.5. The number of rotatable bonds is 4. The van der Waals surface area contributed by atoms with Crippen LogP contribution in [-0.4, -0.2) is 29.3 Å². The summed E-state index contributed by atoms with van der Waals surface area (Å²) in [7, 11) is 1.47. The van der Waals surface area contributed by atoms with Crippen molar-refractivity contribution in [3.05, 3.63) is 59.8 Å². The van der Waals surface area contributed by atoms with Gasteiger partial charge in [-0.1, -0.05) is 24.3 Å². The van der Waals surface area contributed by atoms with Crippen LogP contribution >= 0.6 is 0 Å². The maximum Gasteiger partial charge on any atom is 0.287 e. The molecule has 0 atom stereocenters. The van der Waals surface area contributed by atoms with Gasteiger partial charge in [0, 0.05) is 16.5 Å². The Hall–Kier alpha value is -3.28. The number of hydrogen-bond donors (Lipinski definition) is 3. The number of carbonyl (C=O) groups excluding carboxylic acids is 1. The van der Waals surface area contributed by atoms with E-state index >= 15 is 0 Å². The molecule has 1 amide bonds. The SMILES string of the molecule is COc1cccc(/C=N/NC(=O)c2cc3ccccc3[nH]2)c1O. The Morgan fingerprint density at radius 2 is 2.09 bits per heavy atom. The van der Waals surface area contributed by atoms with Crippen LogP contribution in [-0.2, 0) is 0 Å². The Morgan fingerprint density at radius 1 is 1.26 bits per heavy atom. The molecule has 3 rings (SSSR count). The van der Waals surface area contributed by atoms with Crippen LogP contribution in [0.1, 0.15) is 16.1 Å². The van der Waals surface area contributed by atoms with E-state index < -0.39 is 0 Å². The number of ether oxygens (including phenoxy) is 1. The minimum absolute atomic E-state index is 0.0291. The Balaban J connectivity index is 1.73. The largest absolute Gasteiger partial charge is 0.504 e. The molecule has 3 N–H and O–H groups in total. The molecule has 0 saturated heterocycles. The first-order valence-electron chi connectivity index (χ1n) is 6.96. The van der Waals surface area contributed by atoms with Crippen LogP contribution in [0.2, 0.25) is 0 Å². The molecule has 0 aliphatic rings. The molecular formula is C17H15N3O3. The van der Waals surface area contributed by atoms with Gasteiger partial charge in [-0.05, 0) is 24.3 Å². The number of methoxy groups -OCH3 is 1. The van der Waals surface area contributed by atoms with Gasteiger partial charge in [-0.25, -0.2) is 5.43 Å². The lowest BCUT2D eigenvalue weighted by molar-refractivity contribution is 0.0951. The zero-order chi connectivity index (χ0) is 16.2. The van der Waals surface area contributed by atoms with Gasteiger partial charge in [0.15, 0.2) is 11.5 Å². The van der Waals surface area contributed by atoms with E-state index in [0.29, 0.717) is 17.0 Å². The lowest BCUT2D eigenvalue weighted by Crippen LogP contribution is -2.17. The molecule has 6 nitrogen and oxygen atoms in total. The van der Waals surface area contributed by atoms with Gasteiger partial charge in [-0.2, -0.15) is 5.10 Å². The number of hydrazone groups is 1. The van der Waals surface area contributed by atoms with Gasteiger partial charge >= 0.3 is 0 Å². The maximum atomic E-state index is 12.1. The second-order valence-corrected chi connectivity index (χ2v) is 4.87. The van der Waals surface area contributed by atoms with Crippen molar-refractivity contribution in [2.75, 3.05) is 7.11 Å². The first-order valence-corrected chi connectivity index (χ1v) is 6.96. The van der Waals surface area contributed by atoms with Crippen LogP contribution in [0.3, 0.4) is 0 Å². The molecule has 0 fully saturated rings. The van der Waals surface area contributed by atoms with Crippen LogP contribution in [0.4, 0.5) is 0 Å². The molecule has 0 bridgehead atoms. The normalized spacial score (nSPS) is 11.0. The first kappa shape index (κ1) is 14.6. The van der Waals surface area contributed by atoms with Gasteiger partial charge in [-0.3, -0.25) is 4.79 Å². The minimum atomic E-state index is -0.361. The lowest BCUT2D eigenvalue weighted by Gasteiger charge is -2.04. The van der Waals surface area contributed by atoms with E-state index in [4.69, 9.17) is 4.74 Å². The summed E-state index contributed by atoms with van der Waals surface area (Å²) in [5, 5.41) is 14.7. The van der Waals surface area contributed by atoms with E-state index in [2.05, 4.69) is 15.5 Å². The van der Waals surface area contributed by atoms with Crippen LogP contribution in [0.25, 0.3) is 10.9 Å². The predicted octanol–water partition coefficient (Wildman–Crippen LogP) is 2.65. The van der Waals surface area contributed by atoms with Gasteiger partial charge in [0.25, 0.3) is 5.91 Å². The predicted molar refractivity (Wildman–Crippen MR) is 88.0 cm³/mol. The Kier molecular flexibility index (Phi) is 3.97. The zero-order valence-corrected chi connectivity index (χ0v) is 12.4. The highest BCUT2D eigenvalue weighted by molar-refractivity contribution is 5.98. The van der Waals surface area contributed by atoms with Crippen molar-refractivity contribution in [2.45, 2.75) is 0 Å². The third-order valence-electron chi connectivity index (χ3n) is 3.39. The molecule has 1 heterocycles. The van der Waals surface area contributed by atoms with Crippen molar-refractivity contribution in [3.8, 4) is 11.5 Å². The summed E-state index contributed by atoms with van der Waals surface area (Å²) in [6.07, 6.45) is 1.36. The summed E-state index contributed by atoms with van der Waals surface area (Å²) in [4.78, 5) is 15.1. The summed E-state index contributed by atoms with van der Waals surface area (Å²) >= 11 is 0. The van der Waals surface area contributed by atoms with Gasteiger partial charge in [0.05, 0.1) is 13.3 Å². The number of phenolic OH excluding ortho intramolecular Hbond substituents is 1. The standard InChI is InChI=1S/C17H15N3O3/c1-23-15-8-4-6-12(16(15)21)10-18-20-17(22)14-9-11-5-2-3-7-13(11)19-14/h2-10,19,21H,1H3,(H,20,22)/b18-10+. The number of benzene rings is 2. The molecule has 0 saturated carbocycles. The number of aromatic nitrogens is 1. The van der Waals surface area contributed by atoms with Crippen molar-refractivity contribution >= 4 is 23.0 Å². The van der Waals surface area contributed by atoms with Crippen molar-refractivity contribution in [1.82, 2.24) is 10.4 Å². The fourth-order valence-electron chi connectivity index (χ4n) is 2.22. The molecule has 116 valence electrons. The number of carbonyl (C=O) groups is 1. The molecule has 0 radical (unpaired) electrons. The maximum absolute atomic E-state index is 12.1. The third kappa shape index (κ3) is 3.01. The van der Waals surface area contributed by atoms with E-state index in [1.54, 1.807) is 24.3 Å². The molecule has 0 spiro atoms. The van der Waals surface area contributed by atoms with E-state index in [1.165, 1.54) is 13.3 Å². The van der Waals surface area contributed by atoms with Crippen LogP contribution in [0.5, 0.6) is 11.5 Å². The highest BCUT2D eigenvalue weighted by Crippen LogP contribution is 2.27. The summed E-state index contributed by atoms with van der Waals surface area (Å²) in [6.45, 7) is 0. The fraction of sp³-hybridized carbons (Fsp3) is 0.0588. The van der Waals surface area contributed by atoms with Crippen molar-refractivity contribution < 1.29 is 14.6 Å². The number of amides is 1. The average Bonchev–Trinajstić information content (AvgIpc) is 3.00. The van der Waals surface area contributed by atoms with E-state index in [-0.39, 0.29) is 11.7 Å². The van der Waals surface area contributed by atoms with Gasteiger partial charge in [-0.15, -0.1) is 0 Å². The minimum Gasteiger partial charge on any atom is -0.504 e. The van der Waals surface area contributed by atoms with Gasteiger partial charge < -0.3 is 14.8 Å². The van der Waals surface area contributed by atoms with Crippen molar-refractivity contribution in [1.29, 1.82) is 0 Å². The zero-order valence-electron chi connectivity index (χ0n) is 12.4. The lowest BCUT2D eigenvalue weighted by atomic mass is 10.2. The second-order valence-electron chi connectivity index (χ2n) is 4.87. The topological polar surface area (TPSA) is 86.7 Å². The summed E-state index contributed by atoms with van der Waals surface area (Å²) in [5.41, 5.74) is 4.16. The van der Waals surface area contributed by atoms with Crippen molar-refractivity contribution in [3.63, 3.8) is 0 Å². The first-order chi connectivity index (χ1) is 11.2. The number of fused-ring (bicyclic) bond motifs is 1. The quantitative estimate of drug-likeness (QED) is 0.511. The number of para-hydroxylation sites is 2.